The number of aromatic nitrogens is 3. The van der Waals surface area contributed by atoms with Gasteiger partial charge in [-0.05, 0) is 29.8 Å². The maximum absolute atomic E-state index is 12.6. The molecule has 0 spiro atoms. The Labute approximate surface area is 185 Å². The molecule has 0 fully saturated rings. The highest BCUT2D eigenvalue weighted by Gasteiger charge is 2.16. The van der Waals surface area contributed by atoms with Gasteiger partial charge in [-0.3, -0.25) is 9.36 Å². The van der Waals surface area contributed by atoms with Crippen LogP contribution in [0.25, 0.3) is 5.69 Å². The topological polar surface area (TPSA) is 69.0 Å². The molecule has 0 saturated carbocycles. The van der Waals surface area contributed by atoms with Crippen LogP contribution in [0.2, 0.25) is 0 Å². The van der Waals surface area contributed by atoms with Gasteiger partial charge < -0.3 is 10.1 Å². The van der Waals surface area contributed by atoms with Crippen molar-refractivity contribution >= 4 is 23.4 Å². The average molecular weight is 431 g/mol. The lowest BCUT2D eigenvalue weighted by atomic mass is 10.1. The van der Waals surface area contributed by atoms with Gasteiger partial charge in [-0.2, -0.15) is 0 Å². The van der Waals surface area contributed by atoms with E-state index in [1.54, 1.807) is 7.11 Å². The van der Waals surface area contributed by atoms with Gasteiger partial charge in [0.2, 0.25) is 5.91 Å². The summed E-state index contributed by atoms with van der Waals surface area (Å²) >= 11 is 1.35. The van der Waals surface area contributed by atoms with Gasteiger partial charge in [-0.15, -0.1) is 10.2 Å². The third kappa shape index (κ3) is 5.13. The molecule has 0 atom stereocenters. The van der Waals surface area contributed by atoms with Crippen LogP contribution in [0.5, 0.6) is 5.75 Å². The van der Waals surface area contributed by atoms with E-state index in [1.807, 2.05) is 77.4 Å². The Bertz CT molecular complexity index is 1150. The molecule has 156 valence electrons. The second-order valence-corrected chi connectivity index (χ2v) is 7.71. The van der Waals surface area contributed by atoms with Crippen LogP contribution in [0, 0.1) is 0 Å². The first-order valence-corrected chi connectivity index (χ1v) is 10.8. The molecule has 0 aliphatic carbocycles. The van der Waals surface area contributed by atoms with Crippen molar-refractivity contribution in [3.63, 3.8) is 0 Å². The number of rotatable bonds is 8. The number of anilines is 1. The predicted octanol–water partition coefficient (Wildman–Crippen LogP) is 4.60. The summed E-state index contributed by atoms with van der Waals surface area (Å²) in [6.07, 6.45) is 0.650. The molecule has 0 radical (unpaired) electrons. The molecule has 4 aromatic rings. The fourth-order valence-corrected chi connectivity index (χ4v) is 3.96. The fraction of sp³-hybridized carbons (Fsp3) is 0.125. The van der Waals surface area contributed by atoms with E-state index in [2.05, 4.69) is 27.6 Å². The number of amides is 1. The van der Waals surface area contributed by atoms with Gasteiger partial charge in [-0.1, -0.05) is 72.4 Å². The van der Waals surface area contributed by atoms with E-state index in [9.17, 15) is 4.79 Å². The van der Waals surface area contributed by atoms with Crippen LogP contribution in [-0.2, 0) is 11.2 Å². The summed E-state index contributed by atoms with van der Waals surface area (Å²) in [5, 5.41) is 12.4. The third-order valence-corrected chi connectivity index (χ3v) is 5.56. The van der Waals surface area contributed by atoms with Crippen LogP contribution in [0.15, 0.2) is 90.1 Å². The molecule has 6 nitrogen and oxygen atoms in total. The van der Waals surface area contributed by atoms with Crippen molar-refractivity contribution in [1.29, 1.82) is 0 Å². The van der Waals surface area contributed by atoms with Gasteiger partial charge in [0.25, 0.3) is 0 Å². The van der Waals surface area contributed by atoms with Crippen LogP contribution >= 0.6 is 11.8 Å². The molecule has 0 saturated heterocycles. The quantitative estimate of drug-likeness (QED) is 0.414. The molecular weight excluding hydrogens is 408 g/mol. The maximum atomic E-state index is 12.6. The minimum absolute atomic E-state index is 0.137. The molecule has 7 heteroatoms. The molecule has 0 aliphatic heterocycles. The molecule has 0 bridgehead atoms. The zero-order valence-electron chi connectivity index (χ0n) is 17.1. The molecule has 3 aromatic carbocycles. The number of para-hydroxylation sites is 3. The molecule has 0 aliphatic rings. The standard InChI is InChI=1S/C24H22N4O2S/c1-30-21-15-9-8-14-20(21)25-23(29)17-31-24-27-26-22(16-18-10-4-2-5-11-18)28(24)19-12-6-3-7-13-19/h2-15H,16-17H2,1H3,(H,25,29). The largest absolute Gasteiger partial charge is 0.495 e. The van der Waals surface area contributed by atoms with E-state index in [-0.39, 0.29) is 11.7 Å². The second kappa shape index (κ2) is 9.95. The number of benzene rings is 3. The Morgan fingerprint density at radius 1 is 0.935 bits per heavy atom. The van der Waals surface area contributed by atoms with E-state index >= 15 is 0 Å². The molecule has 0 unspecified atom stereocenters. The molecule has 1 amide bonds. The molecule has 1 N–H and O–H groups in total. The zero-order chi connectivity index (χ0) is 21.5. The number of carbonyl (C=O) groups excluding carboxylic acids is 1. The Balaban J connectivity index is 1.53. The van der Waals surface area contributed by atoms with E-state index in [0.717, 1.165) is 17.1 Å². The minimum atomic E-state index is -0.137. The summed E-state index contributed by atoms with van der Waals surface area (Å²) in [5.74, 6) is 1.51. The summed E-state index contributed by atoms with van der Waals surface area (Å²) in [6, 6.07) is 27.4. The highest BCUT2D eigenvalue weighted by Crippen LogP contribution is 2.26. The van der Waals surface area contributed by atoms with Crippen molar-refractivity contribution in [1.82, 2.24) is 14.8 Å². The van der Waals surface area contributed by atoms with Crippen LogP contribution < -0.4 is 10.1 Å². The summed E-state index contributed by atoms with van der Waals surface area (Å²) in [6.45, 7) is 0. The number of hydrogen-bond acceptors (Lipinski definition) is 5. The second-order valence-electron chi connectivity index (χ2n) is 6.77. The summed E-state index contributed by atoms with van der Waals surface area (Å²) < 4.78 is 7.31. The molecule has 31 heavy (non-hydrogen) atoms. The molecular formula is C24H22N4O2S. The Morgan fingerprint density at radius 2 is 1.61 bits per heavy atom. The Kier molecular flexibility index (Phi) is 6.64. The molecule has 1 heterocycles. The van der Waals surface area contributed by atoms with Crippen molar-refractivity contribution in [2.45, 2.75) is 11.6 Å². The van der Waals surface area contributed by atoms with Gasteiger partial charge in [0.15, 0.2) is 5.16 Å². The number of hydrogen-bond donors (Lipinski definition) is 1. The lowest BCUT2D eigenvalue weighted by Gasteiger charge is -2.11. The Hall–Kier alpha value is -3.58. The van der Waals surface area contributed by atoms with Crippen molar-refractivity contribution in [3.05, 3.63) is 96.3 Å². The van der Waals surface area contributed by atoms with Crippen molar-refractivity contribution < 1.29 is 9.53 Å². The number of methoxy groups -OCH3 is 1. The van der Waals surface area contributed by atoms with Crippen LogP contribution in [0.1, 0.15) is 11.4 Å². The number of ether oxygens (including phenoxy) is 1. The van der Waals surface area contributed by atoms with Crippen molar-refractivity contribution in [2.24, 2.45) is 0 Å². The van der Waals surface area contributed by atoms with Crippen LogP contribution in [-0.4, -0.2) is 33.5 Å². The lowest BCUT2D eigenvalue weighted by molar-refractivity contribution is -0.113. The minimum Gasteiger partial charge on any atom is -0.495 e. The summed E-state index contributed by atoms with van der Waals surface area (Å²) in [4.78, 5) is 12.6. The first-order valence-electron chi connectivity index (χ1n) is 9.84. The normalized spacial score (nSPS) is 10.6. The van der Waals surface area contributed by atoms with E-state index in [0.29, 0.717) is 23.0 Å². The smallest absolute Gasteiger partial charge is 0.234 e. The maximum Gasteiger partial charge on any atom is 0.234 e. The van der Waals surface area contributed by atoms with Gasteiger partial charge in [-0.25, -0.2) is 0 Å². The van der Waals surface area contributed by atoms with Crippen molar-refractivity contribution in [2.75, 3.05) is 18.2 Å². The van der Waals surface area contributed by atoms with E-state index in [1.165, 1.54) is 11.8 Å². The fourth-order valence-electron chi connectivity index (χ4n) is 3.19. The van der Waals surface area contributed by atoms with Gasteiger partial charge in [0.05, 0.1) is 18.6 Å². The van der Waals surface area contributed by atoms with Gasteiger partial charge in [0.1, 0.15) is 11.6 Å². The first-order chi connectivity index (χ1) is 15.2. The summed E-state index contributed by atoms with van der Waals surface area (Å²) in [7, 11) is 1.58. The number of carbonyl (C=O) groups is 1. The monoisotopic (exact) mass is 430 g/mol. The average Bonchev–Trinajstić information content (AvgIpc) is 3.21. The van der Waals surface area contributed by atoms with Crippen LogP contribution in [0.3, 0.4) is 0 Å². The van der Waals surface area contributed by atoms with E-state index < -0.39 is 0 Å². The highest BCUT2D eigenvalue weighted by atomic mass is 32.2. The number of thioether (sulfide) groups is 1. The highest BCUT2D eigenvalue weighted by molar-refractivity contribution is 7.99. The lowest BCUT2D eigenvalue weighted by Crippen LogP contribution is -2.15. The van der Waals surface area contributed by atoms with E-state index in [4.69, 9.17) is 4.74 Å². The zero-order valence-corrected chi connectivity index (χ0v) is 17.9. The van der Waals surface area contributed by atoms with Crippen LogP contribution in [0.4, 0.5) is 5.69 Å². The SMILES string of the molecule is COc1ccccc1NC(=O)CSc1nnc(Cc2ccccc2)n1-c1ccccc1. The van der Waals surface area contributed by atoms with Crippen molar-refractivity contribution in [3.8, 4) is 11.4 Å². The molecule has 1 aromatic heterocycles. The first kappa shape index (κ1) is 20.7. The molecule has 4 rings (SSSR count). The van der Waals surface area contributed by atoms with Gasteiger partial charge >= 0.3 is 0 Å². The summed E-state index contributed by atoms with van der Waals surface area (Å²) in [5.41, 5.74) is 2.76. The Morgan fingerprint density at radius 3 is 2.35 bits per heavy atom. The number of nitrogens with zero attached hydrogens (tertiary/aromatic N) is 3. The third-order valence-electron chi connectivity index (χ3n) is 4.63. The number of nitrogens with one attached hydrogen (secondary N) is 1. The van der Waals surface area contributed by atoms with Gasteiger partial charge in [0, 0.05) is 12.1 Å². The predicted molar refractivity (Wildman–Crippen MR) is 123 cm³/mol.